The minimum absolute atomic E-state index is 0.589. The summed E-state index contributed by atoms with van der Waals surface area (Å²) in [5, 5.41) is 12.6. The van der Waals surface area contributed by atoms with E-state index < -0.39 is 0 Å². The third kappa shape index (κ3) is 2.89. The number of aryl methyl sites for hydroxylation is 2. The van der Waals surface area contributed by atoms with E-state index in [1.54, 1.807) is 0 Å². The van der Waals surface area contributed by atoms with Crippen molar-refractivity contribution in [3.05, 3.63) is 47.3 Å². The summed E-state index contributed by atoms with van der Waals surface area (Å²) < 4.78 is 0. The Morgan fingerprint density at radius 3 is 2.60 bits per heavy atom. The molecule has 0 fully saturated rings. The molecule has 102 valence electrons. The molecule has 4 nitrogen and oxygen atoms in total. The lowest BCUT2D eigenvalue weighted by molar-refractivity contribution is 1.11. The van der Waals surface area contributed by atoms with Gasteiger partial charge in [-0.1, -0.05) is 6.07 Å². The molecule has 0 aliphatic carbocycles. The second-order valence-electron chi connectivity index (χ2n) is 4.95. The Morgan fingerprint density at radius 2 is 1.95 bits per heavy atom. The van der Waals surface area contributed by atoms with Gasteiger partial charge < -0.3 is 10.2 Å². The summed E-state index contributed by atoms with van der Waals surface area (Å²) in [5.41, 5.74) is 5.10. The molecule has 0 bridgehead atoms. The minimum Gasteiger partial charge on any atom is -0.378 e. The summed E-state index contributed by atoms with van der Waals surface area (Å²) in [6.45, 7) is 3.78. The first-order valence-electron chi connectivity index (χ1n) is 6.44. The lowest BCUT2D eigenvalue weighted by Gasteiger charge is -2.15. The van der Waals surface area contributed by atoms with Gasteiger partial charge in [-0.2, -0.15) is 5.26 Å². The Morgan fingerprint density at radius 1 is 1.20 bits per heavy atom. The first-order chi connectivity index (χ1) is 9.51. The number of nitrogens with one attached hydrogen (secondary N) is 1. The zero-order valence-corrected chi connectivity index (χ0v) is 12.2. The Bertz CT molecular complexity index is 669. The highest BCUT2D eigenvalue weighted by Crippen LogP contribution is 2.25. The van der Waals surface area contributed by atoms with Gasteiger partial charge in [0.05, 0.1) is 16.9 Å². The summed E-state index contributed by atoms with van der Waals surface area (Å²) in [4.78, 5) is 6.36. The van der Waals surface area contributed by atoms with Crippen LogP contribution < -0.4 is 10.2 Å². The quantitative estimate of drug-likeness (QED) is 0.925. The first kappa shape index (κ1) is 13.9. The lowest BCUT2D eigenvalue weighted by atomic mass is 10.1. The van der Waals surface area contributed by atoms with E-state index in [1.165, 1.54) is 0 Å². The molecule has 0 amide bonds. The fourth-order valence-electron chi connectivity index (χ4n) is 2.09. The highest BCUT2D eigenvalue weighted by atomic mass is 15.1. The van der Waals surface area contributed by atoms with Crippen LogP contribution in [0.25, 0.3) is 0 Å². The molecule has 0 aliphatic rings. The number of rotatable bonds is 3. The molecule has 20 heavy (non-hydrogen) atoms. The van der Waals surface area contributed by atoms with Gasteiger partial charge in [0, 0.05) is 31.2 Å². The van der Waals surface area contributed by atoms with Crippen molar-refractivity contribution >= 4 is 17.1 Å². The molecule has 2 aromatic rings. The van der Waals surface area contributed by atoms with Crippen molar-refractivity contribution in [2.45, 2.75) is 13.8 Å². The van der Waals surface area contributed by atoms with Crippen LogP contribution in [-0.4, -0.2) is 19.1 Å². The Hall–Kier alpha value is -2.54. The van der Waals surface area contributed by atoms with Gasteiger partial charge in [-0.25, -0.2) is 0 Å². The maximum atomic E-state index is 9.27. The molecule has 1 heterocycles. The number of pyridine rings is 1. The van der Waals surface area contributed by atoms with Crippen molar-refractivity contribution in [1.29, 1.82) is 5.26 Å². The van der Waals surface area contributed by atoms with Gasteiger partial charge in [-0.15, -0.1) is 0 Å². The van der Waals surface area contributed by atoms with Crippen molar-refractivity contribution in [3.8, 4) is 6.07 Å². The maximum Gasteiger partial charge on any atom is 0.103 e. The fourth-order valence-corrected chi connectivity index (χ4v) is 2.09. The average molecular weight is 266 g/mol. The SMILES string of the molecule is Cc1cc(Nc2cccc(N(C)C)c2)c(C#N)c(C)n1. The molecule has 0 radical (unpaired) electrons. The van der Waals surface area contributed by atoms with Gasteiger partial charge in [0.25, 0.3) is 0 Å². The van der Waals surface area contributed by atoms with Crippen LogP contribution in [0.4, 0.5) is 17.1 Å². The summed E-state index contributed by atoms with van der Waals surface area (Å²) in [7, 11) is 4.00. The molecule has 0 saturated heterocycles. The van der Waals surface area contributed by atoms with Crippen LogP contribution in [-0.2, 0) is 0 Å². The smallest absolute Gasteiger partial charge is 0.103 e. The van der Waals surface area contributed by atoms with Crippen LogP contribution in [0.15, 0.2) is 30.3 Å². The molecule has 0 aliphatic heterocycles. The van der Waals surface area contributed by atoms with Gasteiger partial charge in [-0.05, 0) is 38.1 Å². The molecule has 0 unspecified atom stereocenters. The molecule has 0 saturated carbocycles. The molecule has 1 aromatic heterocycles. The van der Waals surface area contributed by atoms with Crippen LogP contribution in [0, 0.1) is 25.2 Å². The summed E-state index contributed by atoms with van der Waals surface area (Å²) in [6, 6.07) is 12.2. The standard InChI is InChI=1S/C16H18N4/c1-11-8-16(15(10-17)12(2)18-11)19-13-6-5-7-14(9-13)20(3)4/h5-9H,1-4H3,(H,18,19). The zero-order valence-electron chi connectivity index (χ0n) is 12.2. The van der Waals surface area contributed by atoms with Gasteiger partial charge in [0.1, 0.15) is 6.07 Å². The normalized spacial score (nSPS) is 9.95. The van der Waals surface area contributed by atoms with E-state index in [4.69, 9.17) is 0 Å². The van der Waals surface area contributed by atoms with Gasteiger partial charge in [0.15, 0.2) is 0 Å². The molecule has 0 atom stereocenters. The summed E-state index contributed by atoms with van der Waals surface area (Å²) in [6.07, 6.45) is 0. The first-order valence-corrected chi connectivity index (χ1v) is 6.44. The Kier molecular flexibility index (Phi) is 3.90. The summed E-state index contributed by atoms with van der Waals surface area (Å²) >= 11 is 0. The number of anilines is 3. The zero-order chi connectivity index (χ0) is 14.7. The molecular formula is C16H18N4. The molecular weight excluding hydrogens is 248 g/mol. The van der Waals surface area contributed by atoms with Crippen LogP contribution in [0.2, 0.25) is 0 Å². The van der Waals surface area contributed by atoms with Gasteiger partial charge >= 0.3 is 0 Å². The third-order valence-electron chi connectivity index (χ3n) is 3.08. The third-order valence-corrected chi connectivity index (χ3v) is 3.08. The molecule has 0 spiro atoms. The second kappa shape index (κ2) is 5.62. The number of hydrogen-bond acceptors (Lipinski definition) is 4. The van der Waals surface area contributed by atoms with E-state index in [0.29, 0.717) is 5.56 Å². The minimum atomic E-state index is 0.589. The van der Waals surface area contributed by atoms with Crippen molar-refractivity contribution in [2.24, 2.45) is 0 Å². The van der Waals surface area contributed by atoms with Crippen molar-refractivity contribution < 1.29 is 0 Å². The van der Waals surface area contributed by atoms with E-state index in [-0.39, 0.29) is 0 Å². The molecule has 1 aromatic carbocycles. The maximum absolute atomic E-state index is 9.27. The Labute approximate surface area is 119 Å². The predicted molar refractivity (Wildman–Crippen MR) is 82.5 cm³/mol. The van der Waals surface area contributed by atoms with E-state index in [2.05, 4.69) is 16.4 Å². The van der Waals surface area contributed by atoms with Crippen molar-refractivity contribution in [2.75, 3.05) is 24.3 Å². The number of hydrogen-bond donors (Lipinski definition) is 1. The van der Waals surface area contributed by atoms with Crippen molar-refractivity contribution in [1.82, 2.24) is 4.98 Å². The highest BCUT2D eigenvalue weighted by Gasteiger charge is 2.08. The lowest BCUT2D eigenvalue weighted by Crippen LogP contribution is -2.08. The van der Waals surface area contributed by atoms with E-state index >= 15 is 0 Å². The summed E-state index contributed by atoms with van der Waals surface area (Å²) in [5.74, 6) is 0. The average Bonchev–Trinajstić information content (AvgIpc) is 2.38. The largest absolute Gasteiger partial charge is 0.378 e. The second-order valence-corrected chi connectivity index (χ2v) is 4.95. The van der Waals surface area contributed by atoms with Gasteiger partial charge in [0.2, 0.25) is 0 Å². The van der Waals surface area contributed by atoms with Crippen LogP contribution in [0.1, 0.15) is 17.0 Å². The predicted octanol–water partition coefficient (Wildman–Crippen LogP) is 3.38. The van der Waals surface area contributed by atoms with E-state index in [0.717, 1.165) is 28.5 Å². The topological polar surface area (TPSA) is 52.0 Å². The number of benzene rings is 1. The van der Waals surface area contributed by atoms with Crippen LogP contribution >= 0.6 is 0 Å². The molecule has 2 rings (SSSR count). The van der Waals surface area contributed by atoms with Crippen LogP contribution in [0.5, 0.6) is 0 Å². The monoisotopic (exact) mass is 266 g/mol. The highest BCUT2D eigenvalue weighted by molar-refractivity contribution is 5.70. The number of aromatic nitrogens is 1. The molecule has 4 heteroatoms. The molecule has 1 N–H and O–H groups in total. The van der Waals surface area contributed by atoms with Crippen molar-refractivity contribution in [3.63, 3.8) is 0 Å². The number of nitriles is 1. The van der Waals surface area contributed by atoms with E-state index in [1.807, 2.05) is 63.2 Å². The van der Waals surface area contributed by atoms with Crippen LogP contribution in [0.3, 0.4) is 0 Å². The van der Waals surface area contributed by atoms with E-state index in [9.17, 15) is 5.26 Å². The fraction of sp³-hybridized carbons (Fsp3) is 0.250. The number of nitrogens with zero attached hydrogens (tertiary/aromatic N) is 3. The Balaban J connectivity index is 2.40. The van der Waals surface area contributed by atoms with Gasteiger partial charge in [-0.3, -0.25) is 4.98 Å².